The Morgan fingerprint density at radius 1 is 0.857 bits per heavy atom. The molecule has 3 aromatic rings. The quantitative estimate of drug-likeness (QED) is 0.176. The van der Waals surface area contributed by atoms with Crippen molar-refractivity contribution in [3.8, 4) is 28.6 Å². The summed E-state index contributed by atoms with van der Waals surface area (Å²) in [5, 5.41) is 83.7. The lowest BCUT2D eigenvalue weighted by Crippen LogP contribution is -2.61. The molecule has 2 aliphatic rings. The molecule has 2 fully saturated rings. The van der Waals surface area contributed by atoms with E-state index in [-0.39, 0.29) is 22.3 Å². The zero-order chi connectivity index (χ0) is 30.5. The summed E-state index contributed by atoms with van der Waals surface area (Å²) >= 11 is 0. The van der Waals surface area contributed by atoms with Crippen LogP contribution in [0.25, 0.3) is 22.3 Å². The lowest BCUT2D eigenvalue weighted by molar-refractivity contribution is -0.338. The first-order valence-corrected chi connectivity index (χ1v) is 13.1. The molecular formula is C28H32O14. The second kappa shape index (κ2) is 11.8. The number of aliphatic hydroxyl groups is 6. The predicted octanol–water partition coefficient (Wildman–Crippen LogP) is -0.754. The second-order valence-corrected chi connectivity index (χ2v) is 10.3. The van der Waals surface area contributed by atoms with E-state index in [1.54, 1.807) is 24.3 Å². The van der Waals surface area contributed by atoms with Crippen molar-refractivity contribution in [2.24, 2.45) is 0 Å². The standard InChI is InChI=1S/C28H32O14/c1-10-20(33)22(35)24(37)28(39-10)42-27-23(36)21(34)17(9-29)41-26(27)19-14(31)7-13(30)18-15(32)8-16(40-25(18)19)11-3-5-12(38-2)6-4-11/h3-8,10,17,20-24,26-31,33-37H,9H2,1-2H3/t10-,17+,20-,21+,22+,23-,24+,26-,27+,28-/m0/s1. The van der Waals surface area contributed by atoms with Gasteiger partial charge in [-0.25, -0.2) is 0 Å². The molecule has 0 amide bonds. The van der Waals surface area contributed by atoms with Gasteiger partial charge in [-0.3, -0.25) is 4.79 Å². The fourth-order valence-corrected chi connectivity index (χ4v) is 5.25. The third-order valence-corrected chi connectivity index (χ3v) is 7.62. The fraction of sp³-hybridized carbons (Fsp3) is 0.464. The molecule has 0 aliphatic carbocycles. The second-order valence-electron chi connectivity index (χ2n) is 10.3. The van der Waals surface area contributed by atoms with Crippen LogP contribution in [0.15, 0.2) is 45.6 Å². The highest BCUT2D eigenvalue weighted by Crippen LogP contribution is 2.45. The minimum absolute atomic E-state index is 0.0333. The van der Waals surface area contributed by atoms with Crippen molar-refractivity contribution in [1.82, 2.24) is 0 Å². The van der Waals surface area contributed by atoms with Gasteiger partial charge in [0.15, 0.2) is 17.3 Å². The van der Waals surface area contributed by atoms with Gasteiger partial charge in [0.05, 0.1) is 25.4 Å². The highest BCUT2D eigenvalue weighted by molar-refractivity contribution is 5.89. The third kappa shape index (κ3) is 5.21. The van der Waals surface area contributed by atoms with Crippen LogP contribution in [-0.4, -0.2) is 110 Å². The molecule has 42 heavy (non-hydrogen) atoms. The maximum absolute atomic E-state index is 13.2. The number of fused-ring (bicyclic) bond motifs is 1. The lowest BCUT2D eigenvalue weighted by Gasteiger charge is -2.46. The topological polar surface area (TPSA) is 229 Å². The molecule has 0 bridgehead atoms. The minimum Gasteiger partial charge on any atom is -0.507 e. The number of rotatable bonds is 6. The first-order chi connectivity index (χ1) is 20.0. The number of aliphatic hydroxyl groups excluding tert-OH is 6. The molecule has 5 rings (SSSR count). The summed E-state index contributed by atoms with van der Waals surface area (Å²) < 4.78 is 28.4. The molecule has 10 atom stereocenters. The summed E-state index contributed by atoms with van der Waals surface area (Å²) in [7, 11) is 1.48. The van der Waals surface area contributed by atoms with Gasteiger partial charge in [0.2, 0.25) is 0 Å². The van der Waals surface area contributed by atoms with Crippen molar-refractivity contribution >= 4 is 11.0 Å². The van der Waals surface area contributed by atoms with Gasteiger partial charge in [-0.05, 0) is 31.2 Å². The summed E-state index contributed by atoms with van der Waals surface area (Å²) in [6, 6.07) is 8.47. The molecular weight excluding hydrogens is 560 g/mol. The zero-order valence-electron chi connectivity index (χ0n) is 22.5. The number of hydrogen-bond donors (Lipinski definition) is 8. The maximum atomic E-state index is 13.2. The number of aromatic hydroxyl groups is 2. The van der Waals surface area contributed by atoms with Gasteiger partial charge in [-0.15, -0.1) is 0 Å². The van der Waals surface area contributed by atoms with E-state index in [1.807, 2.05) is 0 Å². The molecule has 2 aromatic carbocycles. The van der Waals surface area contributed by atoms with Gasteiger partial charge < -0.3 is 64.2 Å². The van der Waals surface area contributed by atoms with Gasteiger partial charge in [0.1, 0.15) is 77.2 Å². The minimum atomic E-state index is -1.84. The van der Waals surface area contributed by atoms with E-state index in [1.165, 1.54) is 14.0 Å². The number of phenols is 2. The van der Waals surface area contributed by atoms with Crippen LogP contribution in [0.2, 0.25) is 0 Å². The van der Waals surface area contributed by atoms with Crippen molar-refractivity contribution in [3.05, 3.63) is 52.2 Å². The SMILES string of the molecule is COc1ccc(-c2cc(=O)c3c(O)cc(O)c([C@@H]4O[C@H](CO)[C@@H](O)[C@H](O)[C@H]4O[C@@H]4O[C@@H](C)[C@H](O)[C@@H](O)[C@H]4O)c3o2)cc1. The van der Waals surface area contributed by atoms with Gasteiger partial charge in [-0.1, -0.05) is 0 Å². The van der Waals surface area contributed by atoms with Crippen molar-refractivity contribution in [2.75, 3.05) is 13.7 Å². The lowest BCUT2D eigenvalue weighted by atomic mass is 9.89. The summed E-state index contributed by atoms with van der Waals surface area (Å²) in [6.45, 7) is 0.635. The molecule has 0 unspecified atom stereocenters. The van der Waals surface area contributed by atoms with E-state index in [0.717, 1.165) is 12.1 Å². The molecule has 8 N–H and O–H groups in total. The Morgan fingerprint density at radius 3 is 2.19 bits per heavy atom. The van der Waals surface area contributed by atoms with Crippen LogP contribution in [0, 0.1) is 0 Å². The zero-order valence-corrected chi connectivity index (χ0v) is 22.5. The number of ether oxygens (including phenoxy) is 4. The molecule has 2 aliphatic heterocycles. The van der Waals surface area contributed by atoms with E-state index in [0.29, 0.717) is 11.3 Å². The largest absolute Gasteiger partial charge is 0.507 e. The number of methoxy groups -OCH3 is 1. The Labute approximate surface area is 238 Å². The van der Waals surface area contributed by atoms with Crippen LogP contribution in [0.4, 0.5) is 0 Å². The van der Waals surface area contributed by atoms with Gasteiger partial charge in [0, 0.05) is 17.7 Å². The first-order valence-electron chi connectivity index (χ1n) is 13.1. The molecule has 2 saturated heterocycles. The number of phenolic OH excluding ortho intramolecular Hbond substituents is 2. The Kier molecular flexibility index (Phi) is 8.44. The van der Waals surface area contributed by atoms with Crippen LogP contribution in [0.5, 0.6) is 17.2 Å². The monoisotopic (exact) mass is 592 g/mol. The molecule has 228 valence electrons. The summed E-state index contributed by atoms with van der Waals surface area (Å²) in [5.41, 5.74) is -0.891. The van der Waals surface area contributed by atoms with Crippen molar-refractivity contribution in [2.45, 2.75) is 68.1 Å². The number of hydrogen-bond acceptors (Lipinski definition) is 14. The van der Waals surface area contributed by atoms with E-state index < -0.39 is 84.8 Å². The predicted molar refractivity (Wildman–Crippen MR) is 142 cm³/mol. The Bertz CT molecular complexity index is 1470. The van der Waals surface area contributed by atoms with Crippen LogP contribution in [0.3, 0.4) is 0 Å². The average molecular weight is 593 g/mol. The van der Waals surface area contributed by atoms with Crippen LogP contribution < -0.4 is 10.2 Å². The van der Waals surface area contributed by atoms with Gasteiger partial charge in [0.25, 0.3) is 0 Å². The van der Waals surface area contributed by atoms with Crippen LogP contribution in [0.1, 0.15) is 18.6 Å². The van der Waals surface area contributed by atoms with Crippen LogP contribution >= 0.6 is 0 Å². The van der Waals surface area contributed by atoms with Gasteiger partial charge >= 0.3 is 0 Å². The normalized spacial score (nSPS) is 33.5. The molecule has 14 heteroatoms. The van der Waals surface area contributed by atoms with Crippen LogP contribution in [-0.2, 0) is 14.2 Å². The molecule has 3 heterocycles. The average Bonchev–Trinajstić information content (AvgIpc) is 2.97. The molecule has 1 aromatic heterocycles. The van der Waals surface area contributed by atoms with Crippen molar-refractivity contribution in [3.63, 3.8) is 0 Å². The summed E-state index contributed by atoms with van der Waals surface area (Å²) in [4.78, 5) is 13.2. The third-order valence-electron chi connectivity index (χ3n) is 7.62. The highest BCUT2D eigenvalue weighted by atomic mass is 16.7. The molecule has 0 spiro atoms. The van der Waals surface area contributed by atoms with E-state index >= 15 is 0 Å². The molecule has 14 nitrogen and oxygen atoms in total. The smallest absolute Gasteiger partial charge is 0.197 e. The Morgan fingerprint density at radius 2 is 1.55 bits per heavy atom. The Balaban J connectivity index is 1.66. The van der Waals surface area contributed by atoms with E-state index in [2.05, 4.69) is 0 Å². The maximum Gasteiger partial charge on any atom is 0.197 e. The fourth-order valence-electron chi connectivity index (χ4n) is 5.25. The van der Waals surface area contributed by atoms with Crippen molar-refractivity contribution in [1.29, 1.82) is 0 Å². The van der Waals surface area contributed by atoms with Gasteiger partial charge in [-0.2, -0.15) is 0 Å². The molecule has 0 saturated carbocycles. The van der Waals surface area contributed by atoms with E-state index in [4.69, 9.17) is 23.4 Å². The highest BCUT2D eigenvalue weighted by Gasteiger charge is 2.51. The summed E-state index contributed by atoms with van der Waals surface area (Å²) in [5.74, 6) is -0.699. The summed E-state index contributed by atoms with van der Waals surface area (Å²) in [6.07, 6.45) is -15.9. The number of benzene rings is 2. The van der Waals surface area contributed by atoms with E-state index in [9.17, 15) is 45.6 Å². The molecule has 0 radical (unpaired) electrons. The Hall–Kier alpha value is -3.31. The van der Waals surface area contributed by atoms with Crippen molar-refractivity contribution < 1.29 is 64.2 Å². The first kappa shape index (κ1) is 30.2.